The number of nitriles is 1. The van der Waals surface area contributed by atoms with E-state index in [2.05, 4.69) is 0 Å². The summed E-state index contributed by atoms with van der Waals surface area (Å²) in [4.78, 5) is 13.3. The van der Waals surface area contributed by atoms with Gasteiger partial charge in [0.15, 0.2) is 0 Å². The van der Waals surface area contributed by atoms with Crippen LogP contribution in [0.1, 0.15) is 11.1 Å². The highest BCUT2D eigenvalue weighted by Gasteiger charge is 2.15. The van der Waals surface area contributed by atoms with Crippen molar-refractivity contribution >= 4 is 16.1 Å². The maximum Gasteiger partial charge on any atom is 0.422 e. The van der Waals surface area contributed by atoms with Crippen molar-refractivity contribution < 1.29 is 17.9 Å². The number of hydrazine groups is 1. The molecule has 0 saturated heterocycles. The van der Waals surface area contributed by atoms with E-state index in [1.165, 1.54) is 24.3 Å². The van der Waals surface area contributed by atoms with Gasteiger partial charge in [0.2, 0.25) is 0 Å². The molecule has 8 heteroatoms. The largest absolute Gasteiger partial charge is 0.444 e. The van der Waals surface area contributed by atoms with Gasteiger partial charge in [0.05, 0.1) is 16.5 Å². The Bertz CT molecular complexity index is 812. The number of carbonyl (C=O) groups excluding carboxylic acids is 1. The molecule has 0 radical (unpaired) electrons. The second-order valence-corrected chi connectivity index (χ2v) is 6.11. The first-order valence-corrected chi connectivity index (χ1v) is 7.98. The first-order chi connectivity index (χ1) is 11.0. The van der Waals surface area contributed by atoms with Gasteiger partial charge in [-0.15, -0.1) is 4.83 Å². The quantitative estimate of drug-likeness (QED) is 0.810. The molecular formula is C15H13N3O4S. The number of nitrogens with zero attached hydrogens (tertiary/aromatic N) is 1. The zero-order valence-electron chi connectivity index (χ0n) is 11.9. The van der Waals surface area contributed by atoms with Crippen molar-refractivity contribution in [1.82, 2.24) is 10.3 Å². The monoisotopic (exact) mass is 331 g/mol. The lowest BCUT2D eigenvalue weighted by Gasteiger charge is -2.09. The third-order valence-electron chi connectivity index (χ3n) is 2.79. The van der Waals surface area contributed by atoms with E-state index in [1.807, 2.05) is 22.4 Å². The fourth-order valence-electron chi connectivity index (χ4n) is 1.64. The van der Waals surface area contributed by atoms with Gasteiger partial charge >= 0.3 is 6.09 Å². The molecule has 0 spiro atoms. The molecule has 7 nitrogen and oxygen atoms in total. The molecule has 0 aliphatic rings. The molecule has 0 unspecified atom stereocenters. The SMILES string of the molecule is N#Cc1ccc(S(=O)(=O)NNC(=O)OCc2ccccc2)cc1. The molecule has 2 rings (SSSR count). The minimum absolute atomic E-state index is 0.0191. The summed E-state index contributed by atoms with van der Waals surface area (Å²) >= 11 is 0. The fraction of sp³-hybridized carbons (Fsp3) is 0.0667. The summed E-state index contributed by atoms with van der Waals surface area (Å²) in [6.07, 6.45) is -0.925. The van der Waals surface area contributed by atoms with Gasteiger partial charge in [-0.25, -0.2) is 18.6 Å². The minimum atomic E-state index is -3.93. The highest BCUT2D eigenvalue weighted by molar-refractivity contribution is 7.89. The third kappa shape index (κ3) is 4.81. The lowest BCUT2D eigenvalue weighted by atomic mass is 10.2. The van der Waals surface area contributed by atoms with Gasteiger partial charge in [0, 0.05) is 0 Å². The van der Waals surface area contributed by atoms with Crippen LogP contribution >= 0.6 is 0 Å². The number of hydrogen-bond acceptors (Lipinski definition) is 5. The van der Waals surface area contributed by atoms with Crippen LogP contribution < -0.4 is 10.3 Å². The Labute approximate surface area is 133 Å². The maximum absolute atomic E-state index is 11.9. The van der Waals surface area contributed by atoms with Gasteiger partial charge in [0.1, 0.15) is 6.61 Å². The van der Waals surface area contributed by atoms with Crippen molar-refractivity contribution in [3.05, 3.63) is 65.7 Å². The van der Waals surface area contributed by atoms with E-state index in [0.717, 1.165) is 5.56 Å². The Morgan fingerprint density at radius 1 is 1.09 bits per heavy atom. The fourth-order valence-corrected chi connectivity index (χ4v) is 2.47. The van der Waals surface area contributed by atoms with Gasteiger partial charge in [-0.05, 0) is 29.8 Å². The zero-order valence-corrected chi connectivity index (χ0v) is 12.7. The van der Waals surface area contributed by atoms with Crippen molar-refractivity contribution in [2.24, 2.45) is 0 Å². The highest BCUT2D eigenvalue weighted by Crippen LogP contribution is 2.09. The summed E-state index contributed by atoms with van der Waals surface area (Å²) < 4.78 is 28.8. The number of benzene rings is 2. The summed E-state index contributed by atoms with van der Waals surface area (Å²) in [6, 6.07) is 16.1. The lowest BCUT2D eigenvalue weighted by molar-refractivity contribution is 0.138. The zero-order chi connectivity index (χ0) is 16.7. The topological polar surface area (TPSA) is 108 Å². The van der Waals surface area contributed by atoms with Crippen molar-refractivity contribution in [1.29, 1.82) is 5.26 Å². The van der Waals surface area contributed by atoms with Crippen LogP contribution in [-0.2, 0) is 21.4 Å². The molecule has 0 fully saturated rings. The average Bonchev–Trinajstić information content (AvgIpc) is 2.59. The molecule has 0 aliphatic heterocycles. The molecule has 0 atom stereocenters. The summed E-state index contributed by atoms with van der Waals surface area (Å²) in [5.74, 6) is 0. The number of carbonyl (C=O) groups is 1. The third-order valence-corrected chi connectivity index (χ3v) is 4.06. The maximum atomic E-state index is 11.9. The Kier molecular flexibility index (Phi) is 5.30. The van der Waals surface area contributed by atoms with Crippen LogP contribution in [0, 0.1) is 11.3 Å². The van der Waals surface area contributed by atoms with Crippen LogP contribution in [0.5, 0.6) is 0 Å². The van der Waals surface area contributed by atoms with E-state index in [0.29, 0.717) is 5.56 Å². The van der Waals surface area contributed by atoms with Crippen LogP contribution in [0.3, 0.4) is 0 Å². The van der Waals surface area contributed by atoms with Crippen molar-refractivity contribution in [2.45, 2.75) is 11.5 Å². The van der Waals surface area contributed by atoms with Crippen molar-refractivity contribution in [2.75, 3.05) is 0 Å². The normalized spacial score (nSPS) is 10.6. The second-order valence-electron chi connectivity index (χ2n) is 4.43. The van der Waals surface area contributed by atoms with Gasteiger partial charge in [-0.3, -0.25) is 0 Å². The second kappa shape index (κ2) is 7.40. The standard InChI is InChI=1S/C15H13N3O4S/c16-10-12-6-8-14(9-7-12)23(20,21)18-17-15(19)22-11-13-4-2-1-3-5-13/h1-9,18H,11H2,(H,17,19). The van der Waals surface area contributed by atoms with E-state index in [4.69, 9.17) is 10.00 Å². The molecule has 0 heterocycles. The van der Waals surface area contributed by atoms with E-state index in [1.54, 1.807) is 24.3 Å². The van der Waals surface area contributed by atoms with Gasteiger partial charge in [0.25, 0.3) is 10.0 Å². The van der Waals surface area contributed by atoms with E-state index >= 15 is 0 Å². The van der Waals surface area contributed by atoms with Crippen LogP contribution in [0.4, 0.5) is 4.79 Å². The number of sulfonamides is 1. The summed E-state index contributed by atoms with van der Waals surface area (Å²) in [5.41, 5.74) is 3.06. The number of amides is 1. The predicted molar refractivity (Wildman–Crippen MR) is 81.2 cm³/mol. The molecule has 0 saturated carbocycles. The van der Waals surface area contributed by atoms with Gasteiger partial charge in [-0.2, -0.15) is 5.26 Å². The Morgan fingerprint density at radius 2 is 1.74 bits per heavy atom. The average molecular weight is 331 g/mol. The Hall–Kier alpha value is -2.89. The molecule has 23 heavy (non-hydrogen) atoms. The van der Waals surface area contributed by atoms with Crippen molar-refractivity contribution in [3.8, 4) is 6.07 Å². The van der Waals surface area contributed by atoms with Gasteiger partial charge in [-0.1, -0.05) is 30.3 Å². The summed E-state index contributed by atoms with van der Waals surface area (Å²) in [6.45, 7) is 0.0191. The molecule has 2 aromatic carbocycles. The molecular weight excluding hydrogens is 318 g/mol. The number of hydrogen-bond donors (Lipinski definition) is 2. The van der Waals surface area contributed by atoms with Crippen LogP contribution in [0.2, 0.25) is 0 Å². The molecule has 2 N–H and O–H groups in total. The molecule has 1 amide bonds. The Morgan fingerprint density at radius 3 is 2.35 bits per heavy atom. The molecule has 0 aliphatic carbocycles. The number of rotatable bonds is 5. The number of ether oxygens (including phenoxy) is 1. The highest BCUT2D eigenvalue weighted by atomic mass is 32.2. The smallest absolute Gasteiger partial charge is 0.422 e. The summed E-state index contributed by atoms with van der Waals surface area (Å²) in [5, 5.41) is 8.67. The van der Waals surface area contributed by atoms with E-state index in [9.17, 15) is 13.2 Å². The number of nitrogens with one attached hydrogen (secondary N) is 2. The summed E-state index contributed by atoms with van der Waals surface area (Å²) in [7, 11) is -3.93. The minimum Gasteiger partial charge on any atom is -0.444 e. The molecule has 118 valence electrons. The van der Waals surface area contributed by atoms with Gasteiger partial charge < -0.3 is 4.74 Å². The van der Waals surface area contributed by atoms with Crippen LogP contribution in [0.25, 0.3) is 0 Å². The predicted octanol–water partition coefficient (Wildman–Crippen LogP) is 1.68. The van der Waals surface area contributed by atoms with E-state index < -0.39 is 16.1 Å². The first kappa shape index (κ1) is 16.5. The Balaban J connectivity index is 1.88. The molecule has 0 aromatic heterocycles. The first-order valence-electron chi connectivity index (χ1n) is 6.50. The van der Waals surface area contributed by atoms with Crippen molar-refractivity contribution in [3.63, 3.8) is 0 Å². The van der Waals surface area contributed by atoms with E-state index in [-0.39, 0.29) is 11.5 Å². The van der Waals surface area contributed by atoms with Crippen LogP contribution in [-0.4, -0.2) is 14.5 Å². The molecule has 2 aromatic rings. The lowest BCUT2D eigenvalue weighted by Crippen LogP contribution is -2.41. The van der Waals surface area contributed by atoms with Crippen LogP contribution in [0.15, 0.2) is 59.5 Å². The molecule has 0 bridgehead atoms.